The maximum absolute atomic E-state index is 11.6. The van der Waals surface area contributed by atoms with Crippen LogP contribution in [0.2, 0.25) is 0 Å². The Morgan fingerprint density at radius 2 is 1.65 bits per heavy atom. The molecule has 0 aliphatic rings. The molecule has 0 aliphatic carbocycles. The number of hydrogen-bond donors (Lipinski definition) is 1. The third-order valence-corrected chi connectivity index (χ3v) is 4.28. The summed E-state index contributed by atoms with van der Waals surface area (Å²) in [6.07, 6.45) is 0. The van der Waals surface area contributed by atoms with Gasteiger partial charge in [-0.1, -0.05) is 24.3 Å². The molecular weight excluding hydrogens is 280 g/mol. The molecule has 2 aromatic rings. The van der Waals surface area contributed by atoms with Gasteiger partial charge in [0.2, 0.25) is 10.0 Å². The van der Waals surface area contributed by atoms with Gasteiger partial charge < -0.3 is 0 Å². The van der Waals surface area contributed by atoms with Crippen molar-refractivity contribution in [2.45, 2.75) is 4.90 Å². The predicted molar refractivity (Wildman–Crippen MR) is 74.8 cm³/mol. The number of nitrogens with one attached hydrogen (secondary N) is 1. The van der Waals surface area contributed by atoms with E-state index in [1.165, 1.54) is 25.2 Å². The molecule has 0 saturated heterocycles. The van der Waals surface area contributed by atoms with Gasteiger partial charge in [-0.2, -0.15) is 0 Å². The van der Waals surface area contributed by atoms with E-state index in [0.717, 1.165) is 0 Å². The standard InChI is InChI=1S/C13H12N2O4S/c1-14-20(18,19)11-8-6-10(7-9-11)12-4-2-3-5-13(12)15(16)17/h2-9,14H,1H3. The van der Waals surface area contributed by atoms with Crippen LogP contribution < -0.4 is 4.72 Å². The number of benzene rings is 2. The molecule has 0 aromatic heterocycles. The third-order valence-electron chi connectivity index (χ3n) is 2.85. The molecule has 1 N–H and O–H groups in total. The number of sulfonamides is 1. The largest absolute Gasteiger partial charge is 0.277 e. The van der Waals surface area contributed by atoms with E-state index < -0.39 is 14.9 Å². The summed E-state index contributed by atoms with van der Waals surface area (Å²) in [7, 11) is -2.18. The van der Waals surface area contributed by atoms with Crippen molar-refractivity contribution in [3.05, 3.63) is 58.6 Å². The molecular formula is C13H12N2O4S. The van der Waals surface area contributed by atoms with Crippen LogP contribution in [0.1, 0.15) is 0 Å². The van der Waals surface area contributed by atoms with Crippen LogP contribution in [0.3, 0.4) is 0 Å². The second-order valence-corrected chi connectivity index (χ2v) is 5.89. The Morgan fingerprint density at radius 3 is 2.20 bits per heavy atom. The maximum Gasteiger partial charge on any atom is 0.277 e. The summed E-state index contributed by atoms with van der Waals surface area (Å²) >= 11 is 0. The number of nitro benzene ring substituents is 1. The molecule has 0 atom stereocenters. The first kappa shape index (κ1) is 14.2. The Kier molecular flexibility index (Phi) is 3.82. The summed E-state index contributed by atoms with van der Waals surface area (Å²) in [5, 5.41) is 11.0. The van der Waals surface area contributed by atoms with Gasteiger partial charge in [-0.25, -0.2) is 13.1 Å². The van der Waals surface area contributed by atoms with Crippen molar-refractivity contribution in [3.8, 4) is 11.1 Å². The van der Waals surface area contributed by atoms with Crippen molar-refractivity contribution in [2.75, 3.05) is 7.05 Å². The van der Waals surface area contributed by atoms with Crippen LogP contribution >= 0.6 is 0 Å². The third kappa shape index (κ3) is 2.68. The Bertz CT molecular complexity index is 739. The second-order valence-electron chi connectivity index (χ2n) is 4.01. The highest BCUT2D eigenvalue weighted by Crippen LogP contribution is 2.29. The summed E-state index contributed by atoms with van der Waals surface area (Å²) in [4.78, 5) is 10.6. The lowest BCUT2D eigenvalue weighted by atomic mass is 10.0. The van der Waals surface area contributed by atoms with Gasteiger partial charge >= 0.3 is 0 Å². The maximum atomic E-state index is 11.6. The Hall–Kier alpha value is -2.25. The van der Waals surface area contributed by atoms with E-state index in [1.54, 1.807) is 30.3 Å². The smallest absolute Gasteiger partial charge is 0.258 e. The molecule has 0 aliphatic heterocycles. The van der Waals surface area contributed by atoms with Crippen molar-refractivity contribution in [1.82, 2.24) is 4.72 Å². The average molecular weight is 292 g/mol. The molecule has 2 aromatic carbocycles. The van der Waals surface area contributed by atoms with Gasteiger partial charge in [0.25, 0.3) is 5.69 Å². The number of nitro groups is 1. The molecule has 0 bridgehead atoms. The molecule has 0 radical (unpaired) electrons. The first-order valence-electron chi connectivity index (χ1n) is 5.73. The van der Waals surface area contributed by atoms with E-state index in [0.29, 0.717) is 11.1 Å². The van der Waals surface area contributed by atoms with Gasteiger partial charge in [0, 0.05) is 6.07 Å². The molecule has 0 spiro atoms. The lowest BCUT2D eigenvalue weighted by Crippen LogP contribution is -2.18. The van der Waals surface area contributed by atoms with E-state index in [2.05, 4.69) is 4.72 Å². The summed E-state index contributed by atoms with van der Waals surface area (Å²) in [5.41, 5.74) is 1.02. The Labute approximate surface area is 116 Å². The van der Waals surface area contributed by atoms with Crippen molar-refractivity contribution in [2.24, 2.45) is 0 Å². The number of nitrogens with zero attached hydrogens (tertiary/aromatic N) is 1. The van der Waals surface area contributed by atoms with Crippen LogP contribution in [-0.4, -0.2) is 20.4 Å². The predicted octanol–water partition coefficient (Wildman–Crippen LogP) is 2.17. The first-order chi connectivity index (χ1) is 9.45. The van der Waals surface area contributed by atoms with Crippen molar-refractivity contribution in [1.29, 1.82) is 0 Å². The normalized spacial score (nSPS) is 11.2. The van der Waals surface area contributed by atoms with Gasteiger partial charge in [0.1, 0.15) is 0 Å². The molecule has 0 saturated carbocycles. The lowest BCUT2D eigenvalue weighted by Gasteiger charge is -2.05. The molecule has 7 heteroatoms. The Balaban J connectivity index is 2.49. The van der Waals surface area contributed by atoms with E-state index in [1.807, 2.05) is 0 Å². The lowest BCUT2D eigenvalue weighted by molar-refractivity contribution is -0.384. The van der Waals surface area contributed by atoms with Crippen LogP contribution in [0.15, 0.2) is 53.4 Å². The van der Waals surface area contributed by atoms with Crippen molar-refractivity contribution in [3.63, 3.8) is 0 Å². The highest BCUT2D eigenvalue weighted by atomic mass is 32.2. The topological polar surface area (TPSA) is 89.3 Å². The highest BCUT2D eigenvalue weighted by molar-refractivity contribution is 7.89. The minimum Gasteiger partial charge on any atom is -0.258 e. The monoisotopic (exact) mass is 292 g/mol. The Morgan fingerprint density at radius 1 is 1.05 bits per heavy atom. The summed E-state index contributed by atoms with van der Waals surface area (Å²) in [5.74, 6) is 0. The average Bonchev–Trinajstić information content (AvgIpc) is 2.47. The van der Waals surface area contributed by atoms with Gasteiger partial charge in [0.15, 0.2) is 0 Å². The minimum absolute atomic E-state index is 0.0169. The van der Waals surface area contributed by atoms with E-state index >= 15 is 0 Å². The first-order valence-corrected chi connectivity index (χ1v) is 7.21. The van der Waals surface area contributed by atoms with Crippen molar-refractivity contribution >= 4 is 15.7 Å². The fourth-order valence-corrected chi connectivity index (χ4v) is 2.54. The van der Waals surface area contributed by atoms with Gasteiger partial charge in [0.05, 0.1) is 15.4 Å². The fraction of sp³-hybridized carbons (Fsp3) is 0.0769. The highest BCUT2D eigenvalue weighted by Gasteiger charge is 2.15. The molecule has 6 nitrogen and oxygen atoms in total. The zero-order valence-electron chi connectivity index (χ0n) is 10.6. The zero-order valence-corrected chi connectivity index (χ0v) is 11.4. The molecule has 0 amide bonds. The quantitative estimate of drug-likeness (QED) is 0.690. The van der Waals surface area contributed by atoms with E-state index in [-0.39, 0.29) is 10.6 Å². The molecule has 2 rings (SSSR count). The van der Waals surface area contributed by atoms with Crippen LogP contribution in [0.25, 0.3) is 11.1 Å². The summed E-state index contributed by atoms with van der Waals surface area (Å²) < 4.78 is 25.4. The second kappa shape index (κ2) is 5.40. The molecule has 20 heavy (non-hydrogen) atoms. The van der Waals surface area contributed by atoms with Crippen LogP contribution in [0.4, 0.5) is 5.69 Å². The number of para-hydroxylation sites is 1. The van der Waals surface area contributed by atoms with Crippen LogP contribution in [-0.2, 0) is 10.0 Å². The minimum atomic E-state index is -3.51. The fourth-order valence-electron chi connectivity index (χ4n) is 1.81. The number of rotatable bonds is 4. The summed E-state index contributed by atoms with van der Waals surface area (Å²) in [6.45, 7) is 0. The molecule has 0 unspecified atom stereocenters. The van der Waals surface area contributed by atoms with Crippen LogP contribution in [0, 0.1) is 10.1 Å². The van der Waals surface area contributed by atoms with Crippen LogP contribution in [0.5, 0.6) is 0 Å². The van der Waals surface area contributed by atoms with Gasteiger partial charge in [-0.15, -0.1) is 0 Å². The van der Waals surface area contributed by atoms with Crippen molar-refractivity contribution < 1.29 is 13.3 Å². The SMILES string of the molecule is CNS(=O)(=O)c1ccc(-c2ccccc2[N+](=O)[O-])cc1. The molecule has 0 heterocycles. The van der Waals surface area contributed by atoms with Gasteiger partial charge in [-0.05, 0) is 30.8 Å². The van der Waals surface area contributed by atoms with Gasteiger partial charge in [-0.3, -0.25) is 10.1 Å². The van der Waals surface area contributed by atoms with E-state index in [9.17, 15) is 18.5 Å². The van der Waals surface area contributed by atoms with E-state index in [4.69, 9.17) is 0 Å². The summed E-state index contributed by atoms with van der Waals surface area (Å²) in [6, 6.07) is 12.2. The zero-order chi connectivity index (χ0) is 14.8. The number of hydrogen-bond acceptors (Lipinski definition) is 4. The molecule has 0 fully saturated rings. The molecule has 104 valence electrons.